The van der Waals surface area contributed by atoms with Gasteiger partial charge in [0.2, 0.25) is 5.91 Å². The van der Waals surface area contributed by atoms with Gasteiger partial charge in [0, 0.05) is 27.6 Å². The number of carboxylic acids is 1. The Kier molecular flexibility index (Phi) is 16.7. The topological polar surface area (TPSA) is 165 Å². The summed E-state index contributed by atoms with van der Waals surface area (Å²) in [6.07, 6.45) is 0.0945. The molecule has 14 nitrogen and oxygen atoms in total. The fourth-order valence-corrected chi connectivity index (χ4v) is 6.34. The Hall–Kier alpha value is -3.28. The summed E-state index contributed by atoms with van der Waals surface area (Å²) in [5.41, 5.74) is 3.88. The summed E-state index contributed by atoms with van der Waals surface area (Å²) in [6, 6.07) is 7.06. The van der Waals surface area contributed by atoms with Gasteiger partial charge >= 0.3 is 5.97 Å². The maximum absolute atomic E-state index is 13.1. The van der Waals surface area contributed by atoms with E-state index < -0.39 is 12.0 Å². The molecule has 274 valence electrons. The summed E-state index contributed by atoms with van der Waals surface area (Å²) in [4.78, 5) is 29.8. The average Bonchev–Trinajstić information content (AvgIpc) is 3.57. The lowest BCUT2D eigenvalue weighted by molar-refractivity contribution is -0.138. The summed E-state index contributed by atoms with van der Waals surface area (Å²) < 4.78 is 34.5. The van der Waals surface area contributed by atoms with E-state index in [1.807, 2.05) is 35.8 Å². The summed E-state index contributed by atoms with van der Waals surface area (Å²) >= 11 is 7.86. The van der Waals surface area contributed by atoms with E-state index in [1.54, 1.807) is 11.3 Å². The van der Waals surface area contributed by atoms with Gasteiger partial charge in [-0.2, -0.15) is 0 Å². The van der Waals surface area contributed by atoms with Crippen LogP contribution >= 0.6 is 22.9 Å². The molecule has 1 aliphatic rings. The molecule has 3 aromatic rings. The summed E-state index contributed by atoms with van der Waals surface area (Å²) in [5.74, 6) is 0.333. The highest BCUT2D eigenvalue weighted by atomic mass is 35.5. The van der Waals surface area contributed by atoms with Crippen LogP contribution in [-0.2, 0) is 38.0 Å². The van der Waals surface area contributed by atoms with E-state index in [4.69, 9.17) is 50.1 Å². The monoisotopic (exact) mass is 735 g/mol. The molecular formula is C34H46ClN5O9S. The number of aliphatic carboxylic acids is 1. The number of nitrogens with zero attached hydrogens (tertiary/aromatic N) is 4. The number of benzene rings is 1. The molecule has 1 aromatic carbocycles. The molecule has 0 spiro atoms. The number of nitrogens with one attached hydrogen (secondary N) is 1. The molecule has 0 saturated carbocycles. The lowest BCUT2D eigenvalue weighted by atomic mass is 9.99. The van der Waals surface area contributed by atoms with Crippen molar-refractivity contribution in [1.29, 1.82) is 0 Å². The van der Waals surface area contributed by atoms with Crippen LogP contribution in [0, 0.1) is 20.8 Å². The second kappa shape index (κ2) is 21.2. The number of aliphatic imine (C=N–C) groups is 1. The highest BCUT2D eigenvalue weighted by molar-refractivity contribution is 7.15. The number of aromatic nitrogens is 3. The van der Waals surface area contributed by atoms with Gasteiger partial charge in [-0.05, 0) is 38.5 Å². The number of halogens is 1. The van der Waals surface area contributed by atoms with Gasteiger partial charge in [-0.1, -0.05) is 23.7 Å². The maximum atomic E-state index is 13.1. The van der Waals surface area contributed by atoms with E-state index in [0.717, 1.165) is 33.2 Å². The van der Waals surface area contributed by atoms with E-state index in [-0.39, 0.29) is 25.4 Å². The Labute approximate surface area is 301 Å². The molecule has 0 saturated heterocycles. The Morgan fingerprint density at radius 1 is 0.820 bits per heavy atom. The molecule has 0 radical (unpaired) electrons. The van der Waals surface area contributed by atoms with E-state index >= 15 is 0 Å². The normalized spacial score (nSPS) is 13.8. The van der Waals surface area contributed by atoms with Crippen LogP contribution in [0.3, 0.4) is 0 Å². The number of fused-ring (bicyclic) bond motifs is 3. The Balaban J connectivity index is 1.08. The number of amides is 1. The fourth-order valence-electron chi connectivity index (χ4n) is 5.00. The first-order chi connectivity index (χ1) is 24.3. The molecule has 50 heavy (non-hydrogen) atoms. The third-order valence-electron chi connectivity index (χ3n) is 7.62. The van der Waals surface area contributed by atoms with Crippen molar-refractivity contribution in [3.05, 3.63) is 62.5 Å². The van der Waals surface area contributed by atoms with Gasteiger partial charge in [-0.15, -0.1) is 21.5 Å². The molecule has 1 aliphatic heterocycles. The van der Waals surface area contributed by atoms with Crippen molar-refractivity contribution < 1.29 is 43.1 Å². The van der Waals surface area contributed by atoms with Gasteiger partial charge in [0.05, 0.1) is 97.8 Å². The second-order valence-corrected chi connectivity index (χ2v) is 12.9. The quantitative estimate of drug-likeness (QED) is 0.128. The third-order valence-corrected chi connectivity index (χ3v) is 9.07. The molecule has 16 heteroatoms. The van der Waals surface area contributed by atoms with Crippen LogP contribution in [0.15, 0.2) is 29.3 Å². The number of carboxylic acid groups (broad SMARTS) is 1. The molecule has 2 aromatic heterocycles. The number of carbonyl (C=O) groups is 2. The van der Waals surface area contributed by atoms with Crippen LogP contribution in [0.5, 0.6) is 0 Å². The lowest BCUT2D eigenvalue weighted by Gasteiger charge is -2.13. The highest BCUT2D eigenvalue weighted by Gasteiger charge is 2.32. The number of ether oxygens (including phenoxy) is 6. The van der Waals surface area contributed by atoms with Crippen molar-refractivity contribution >= 4 is 40.5 Å². The Morgan fingerprint density at radius 3 is 1.92 bits per heavy atom. The standard InChI is InChI=1S/C34H46ClN5O9S/c1-23-24(2)50-34-31(23)32(26-4-6-27(35)7-5-26)37-28(33-39-38-25(3)40(33)34)22-29(41)36-9-11-45-13-15-47-17-19-49-21-20-48-18-16-46-14-12-44-10-8-30(42)43/h4-7,28H,8-22H2,1-3H3,(H,36,41)(H,42,43)/t28-/m0/s1. The SMILES string of the molecule is Cc1sc2c(c1C)C(c1ccc(Cl)cc1)=N[C@@H](CC(=O)NCCOCCOCCOCCOCCOCCOCCC(=O)O)c1nnc(C)n1-2. The van der Waals surface area contributed by atoms with Crippen LogP contribution in [0.25, 0.3) is 5.00 Å². The summed E-state index contributed by atoms with van der Waals surface area (Å²) in [6.45, 7) is 11.1. The van der Waals surface area contributed by atoms with Crippen molar-refractivity contribution in [2.24, 2.45) is 4.99 Å². The molecule has 3 heterocycles. The van der Waals surface area contributed by atoms with Crippen LogP contribution in [0.1, 0.15) is 52.1 Å². The summed E-state index contributed by atoms with van der Waals surface area (Å²) in [7, 11) is 0. The van der Waals surface area contributed by atoms with Crippen molar-refractivity contribution in [3.8, 4) is 5.00 Å². The van der Waals surface area contributed by atoms with Crippen LogP contribution in [0.2, 0.25) is 5.02 Å². The summed E-state index contributed by atoms with van der Waals surface area (Å²) in [5, 5.41) is 21.9. The molecule has 0 unspecified atom stereocenters. The molecule has 1 amide bonds. The lowest BCUT2D eigenvalue weighted by Crippen LogP contribution is -2.29. The maximum Gasteiger partial charge on any atom is 0.305 e. The number of rotatable bonds is 24. The van der Waals surface area contributed by atoms with Gasteiger partial charge in [-0.3, -0.25) is 19.1 Å². The minimum atomic E-state index is -0.883. The Morgan fingerprint density at radius 2 is 1.36 bits per heavy atom. The smallest absolute Gasteiger partial charge is 0.305 e. The molecule has 1 atom stereocenters. The number of aryl methyl sites for hydroxylation is 2. The minimum absolute atomic E-state index is 0.0138. The first-order valence-electron chi connectivity index (χ1n) is 16.6. The van der Waals surface area contributed by atoms with Crippen molar-refractivity contribution in [2.75, 3.05) is 85.8 Å². The van der Waals surface area contributed by atoms with Crippen LogP contribution < -0.4 is 5.32 Å². The number of hydrogen-bond donors (Lipinski definition) is 2. The highest BCUT2D eigenvalue weighted by Crippen LogP contribution is 2.39. The zero-order chi connectivity index (χ0) is 35.7. The fraction of sp³-hybridized carbons (Fsp3) is 0.559. The minimum Gasteiger partial charge on any atom is -0.481 e. The van der Waals surface area contributed by atoms with Crippen LogP contribution in [-0.4, -0.2) is 123 Å². The second-order valence-electron chi connectivity index (χ2n) is 11.3. The zero-order valence-corrected chi connectivity index (χ0v) is 30.4. The predicted molar refractivity (Wildman–Crippen MR) is 188 cm³/mol. The molecular weight excluding hydrogens is 690 g/mol. The number of thiophene rings is 1. The van der Waals surface area contributed by atoms with Gasteiger partial charge in [0.1, 0.15) is 16.9 Å². The van der Waals surface area contributed by atoms with E-state index in [0.29, 0.717) is 90.1 Å². The average molecular weight is 736 g/mol. The first-order valence-corrected chi connectivity index (χ1v) is 17.8. The molecule has 2 N–H and O–H groups in total. The number of carbonyl (C=O) groups excluding carboxylic acids is 1. The largest absolute Gasteiger partial charge is 0.481 e. The van der Waals surface area contributed by atoms with Crippen LogP contribution in [0.4, 0.5) is 0 Å². The van der Waals surface area contributed by atoms with Crippen molar-refractivity contribution in [3.63, 3.8) is 0 Å². The van der Waals surface area contributed by atoms with E-state index in [1.165, 1.54) is 4.88 Å². The van der Waals surface area contributed by atoms with Gasteiger partial charge in [0.15, 0.2) is 5.82 Å². The van der Waals surface area contributed by atoms with Gasteiger partial charge < -0.3 is 38.8 Å². The predicted octanol–water partition coefficient (Wildman–Crippen LogP) is 3.88. The Bertz CT molecular complexity index is 1550. The van der Waals surface area contributed by atoms with Crippen molar-refractivity contribution in [1.82, 2.24) is 20.1 Å². The first kappa shape index (κ1) is 39.5. The zero-order valence-electron chi connectivity index (χ0n) is 28.8. The molecule has 4 rings (SSSR count). The molecule has 0 bridgehead atoms. The van der Waals surface area contributed by atoms with Crippen molar-refractivity contribution in [2.45, 2.75) is 39.7 Å². The van der Waals surface area contributed by atoms with E-state index in [2.05, 4.69) is 29.4 Å². The van der Waals surface area contributed by atoms with Gasteiger partial charge in [0.25, 0.3) is 0 Å². The molecule has 0 fully saturated rings. The number of hydrogen-bond acceptors (Lipinski definition) is 12. The van der Waals surface area contributed by atoms with E-state index in [9.17, 15) is 9.59 Å². The van der Waals surface area contributed by atoms with Gasteiger partial charge in [-0.25, -0.2) is 0 Å². The molecule has 0 aliphatic carbocycles. The third kappa shape index (κ3) is 12.2.